The molecule has 5 nitrogen and oxygen atoms in total. The SMILES string of the molecule is O=C(C[C@@H]1COc2ccccc2NC1=O)NCCc1ccc(Cl)cc1. The maximum absolute atomic E-state index is 12.3. The highest BCUT2D eigenvalue weighted by molar-refractivity contribution is 6.30. The van der Waals surface area contributed by atoms with Gasteiger partial charge in [-0.25, -0.2) is 0 Å². The first-order valence-electron chi connectivity index (χ1n) is 8.15. The van der Waals surface area contributed by atoms with Gasteiger partial charge >= 0.3 is 0 Å². The van der Waals surface area contributed by atoms with Crippen LogP contribution in [-0.2, 0) is 16.0 Å². The summed E-state index contributed by atoms with van der Waals surface area (Å²) in [4.78, 5) is 24.4. The van der Waals surface area contributed by atoms with Gasteiger partial charge in [0.15, 0.2) is 0 Å². The zero-order chi connectivity index (χ0) is 17.6. The van der Waals surface area contributed by atoms with Crippen molar-refractivity contribution < 1.29 is 14.3 Å². The predicted molar refractivity (Wildman–Crippen MR) is 96.8 cm³/mol. The van der Waals surface area contributed by atoms with E-state index in [0.29, 0.717) is 29.4 Å². The molecule has 2 aromatic carbocycles. The molecule has 0 saturated heterocycles. The Kier molecular flexibility index (Phi) is 5.56. The second kappa shape index (κ2) is 8.03. The number of benzene rings is 2. The molecular weight excluding hydrogens is 340 g/mol. The van der Waals surface area contributed by atoms with Crippen LogP contribution in [0.5, 0.6) is 5.75 Å². The van der Waals surface area contributed by atoms with Gasteiger partial charge in [-0.1, -0.05) is 35.9 Å². The highest BCUT2D eigenvalue weighted by Crippen LogP contribution is 2.28. The Morgan fingerprint density at radius 1 is 1.20 bits per heavy atom. The molecule has 1 atom stereocenters. The van der Waals surface area contributed by atoms with Gasteiger partial charge in [0.05, 0.1) is 11.6 Å². The zero-order valence-corrected chi connectivity index (χ0v) is 14.4. The summed E-state index contributed by atoms with van der Waals surface area (Å²) >= 11 is 5.85. The molecule has 0 radical (unpaired) electrons. The molecule has 2 amide bonds. The van der Waals surface area contributed by atoms with Crippen LogP contribution >= 0.6 is 11.6 Å². The number of amides is 2. The van der Waals surface area contributed by atoms with Crippen molar-refractivity contribution in [2.45, 2.75) is 12.8 Å². The average Bonchev–Trinajstić information content (AvgIpc) is 2.76. The number of fused-ring (bicyclic) bond motifs is 1. The van der Waals surface area contributed by atoms with E-state index in [9.17, 15) is 9.59 Å². The molecule has 0 saturated carbocycles. The van der Waals surface area contributed by atoms with Gasteiger partial charge in [0, 0.05) is 18.0 Å². The van der Waals surface area contributed by atoms with Crippen LogP contribution < -0.4 is 15.4 Å². The van der Waals surface area contributed by atoms with Crippen molar-refractivity contribution in [3.8, 4) is 5.75 Å². The van der Waals surface area contributed by atoms with Crippen molar-refractivity contribution in [2.24, 2.45) is 5.92 Å². The maximum atomic E-state index is 12.3. The smallest absolute Gasteiger partial charge is 0.231 e. The molecule has 1 aliphatic rings. The molecule has 0 bridgehead atoms. The molecule has 2 aromatic rings. The lowest BCUT2D eigenvalue weighted by atomic mass is 10.1. The molecule has 0 aromatic heterocycles. The van der Waals surface area contributed by atoms with Crippen molar-refractivity contribution in [2.75, 3.05) is 18.5 Å². The fourth-order valence-corrected chi connectivity index (χ4v) is 2.77. The third kappa shape index (κ3) is 4.73. The summed E-state index contributed by atoms with van der Waals surface area (Å²) in [6, 6.07) is 14.7. The summed E-state index contributed by atoms with van der Waals surface area (Å²) in [5.74, 6) is -0.245. The minimum absolute atomic E-state index is 0.0977. The molecule has 0 fully saturated rings. The van der Waals surface area contributed by atoms with Crippen LogP contribution in [0.3, 0.4) is 0 Å². The van der Waals surface area contributed by atoms with Crippen molar-refractivity contribution in [3.63, 3.8) is 0 Å². The van der Waals surface area contributed by atoms with Crippen LogP contribution in [0.4, 0.5) is 5.69 Å². The van der Waals surface area contributed by atoms with Gasteiger partial charge in [-0.3, -0.25) is 9.59 Å². The van der Waals surface area contributed by atoms with E-state index in [4.69, 9.17) is 16.3 Å². The van der Waals surface area contributed by atoms with Crippen molar-refractivity contribution in [3.05, 3.63) is 59.1 Å². The molecule has 1 heterocycles. The maximum Gasteiger partial charge on any atom is 0.231 e. The van der Waals surface area contributed by atoms with Gasteiger partial charge < -0.3 is 15.4 Å². The molecule has 6 heteroatoms. The summed E-state index contributed by atoms with van der Waals surface area (Å²) < 4.78 is 5.64. The third-order valence-electron chi connectivity index (χ3n) is 4.04. The Labute approximate surface area is 151 Å². The lowest BCUT2D eigenvalue weighted by Crippen LogP contribution is -2.33. The highest BCUT2D eigenvalue weighted by atomic mass is 35.5. The molecule has 2 N–H and O–H groups in total. The molecule has 1 aliphatic heterocycles. The Bertz CT molecular complexity index is 762. The number of carbonyl (C=O) groups is 2. The van der Waals surface area contributed by atoms with Crippen molar-refractivity contribution in [1.29, 1.82) is 0 Å². The fraction of sp³-hybridized carbons (Fsp3) is 0.263. The first-order valence-corrected chi connectivity index (χ1v) is 8.53. The Hall–Kier alpha value is -2.53. The topological polar surface area (TPSA) is 67.4 Å². The highest BCUT2D eigenvalue weighted by Gasteiger charge is 2.26. The Morgan fingerprint density at radius 3 is 2.76 bits per heavy atom. The van der Waals surface area contributed by atoms with E-state index in [1.807, 2.05) is 36.4 Å². The minimum atomic E-state index is -0.511. The third-order valence-corrected chi connectivity index (χ3v) is 4.29. The van der Waals surface area contributed by atoms with Crippen LogP contribution in [0, 0.1) is 5.92 Å². The van der Waals surface area contributed by atoms with Crippen LogP contribution in [-0.4, -0.2) is 25.0 Å². The van der Waals surface area contributed by atoms with Gasteiger partial charge in [-0.2, -0.15) is 0 Å². The first kappa shape index (κ1) is 17.3. The summed E-state index contributed by atoms with van der Waals surface area (Å²) in [5, 5.41) is 6.34. The van der Waals surface area contributed by atoms with E-state index in [1.54, 1.807) is 12.1 Å². The van der Waals surface area contributed by atoms with E-state index >= 15 is 0 Å². The Balaban J connectivity index is 1.48. The summed E-state index contributed by atoms with van der Waals surface area (Å²) in [6.07, 6.45) is 0.808. The monoisotopic (exact) mass is 358 g/mol. The first-order chi connectivity index (χ1) is 12.1. The van der Waals surface area contributed by atoms with Crippen LogP contribution in [0.1, 0.15) is 12.0 Å². The quantitative estimate of drug-likeness (QED) is 0.863. The minimum Gasteiger partial charge on any atom is -0.491 e. The van der Waals surface area contributed by atoms with E-state index in [-0.39, 0.29) is 24.8 Å². The number of rotatable bonds is 5. The molecular formula is C19H19ClN2O3. The van der Waals surface area contributed by atoms with E-state index < -0.39 is 5.92 Å². The van der Waals surface area contributed by atoms with Crippen LogP contribution in [0.15, 0.2) is 48.5 Å². The number of halogens is 1. The van der Waals surface area contributed by atoms with Crippen LogP contribution in [0.25, 0.3) is 0 Å². The molecule has 3 rings (SSSR count). The van der Waals surface area contributed by atoms with E-state index in [2.05, 4.69) is 10.6 Å². The molecule has 0 unspecified atom stereocenters. The molecule has 25 heavy (non-hydrogen) atoms. The lowest BCUT2D eigenvalue weighted by molar-refractivity contribution is -0.128. The summed E-state index contributed by atoms with van der Waals surface area (Å²) in [5.41, 5.74) is 1.73. The number of nitrogens with one attached hydrogen (secondary N) is 2. The number of anilines is 1. The number of para-hydroxylation sites is 2. The lowest BCUT2D eigenvalue weighted by Gasteiger charge is -2.12. The number of hydrogen-bond acceptors (Lipinski definition) is 3. The van der Waals surface area contributed by atoms with Gasteiger partial charge in [0.1, 0.15) is 12.4 Å². The predicted octanol–water partition coefficient (Wildman–Crippen LogP) is 3.04. The second-order valence-electron chi connectivity index (χ2n) is 5.92. The summed E-state index contributed by atoms with van der Waals surface area (Å²) in [7, 11) is 0. The number of carbonyl (C=O) groups excluding carboxylic acids is 2. The van der Waals surface area contributed by atoms with E-state index in [0.717, 1.165) is 5.56 Å². The largest absolute Gasteiger partial charge is 0.491 e. The average molecular weight is 359 g/mol. The van der Waals surface area contributed by atoms with Crippen molar-refractivity contribution in [1.82, 2.24) is 5.32 Å². The van der Waals surface area contributed by atoms with Gasteiger partial charge in [0.2, 0.25) is 11.8 Å². The standard InChI is InChI=1S/C19H19ClN2O3/c20-15-7-5-13(6-8-15)9-10-21-18(23)11-14-12-25-17-4-2-1-3-16(17)22-19(14)24/h1-8,14H,9-12H2,(H,21,23)(H,22,24)/t14-/m1/s1. The van der Waals surface area contributed by atoms with Gasteiger partial charge in [-0.05, 0) is 36.2 Å². The Morgan fingerprint density at radius 2 is 1.96 bits per heavy atom. The number of hydrogen-bond donors (Lipinski definition) is 2. The number of ether oxygens (including phenoxy) is 1. The fourth-order valence-electron chi connectivity index (χ4n) is 2.64. The van der Waals surface area contributed by atoms with Crippen molar-refractivity contribution >= 4 is 29.1 Å². The zero-order valence-electron chi connectivity index (χ0n) is 13.6. The normalized spacial score (nSPS) is 16.2. The molecule has 130 valence electrons. The van der Waals surface area contributed by atoms with E-state index in [1.165, 1.54) is 0 Å². The van der Waals surface area contributed by atoms with Crippen LogP contribution in [0.2, 0.25) is 5.02 Å². The van der Waals surface area contributed by atoms with Gasteiger partial charge in [-0.15, -0.1) is 0 Å². The molecule has 0 aliphatic carbocycles. The second-order valence-corrected chi connectivity index (χ2v) is 6.36. The summed E-state index contributed by atoms with van der Waals surface area (Å²) in [6.45, 7) is 0.698. The van der Waals surface area contributed by atoms with Gasteiger partial charge in [0.25, 0.3) is 0 Å². The molecule has 0 spiro atoms.